The Kier molecular flexibility index (Phi) is 13.5. The quantitative estimate of drug-likeness (QED) is 0.145. The number of aromatic carboxylic acids is 1. The minimum absolute atomic E-state index is 0.223. The molecule has 0 saturated carbocycles. The molecule has 2 N–H and O–H groups in total. The van der Waals surface area contributed by atoms with Gasteiger partial charge in [0.2, 0.25) is 0 Å². The Morgan fingerprint density at radius 3 is 2.37 bits per heavy atom. The van der Waals surface area contributed by atoms with Gasteiger partial charge in [-0.05, 0) is 99.4 Å². The number of ketones is 1. The summed E-state index contributed by atoms with van der Waals surface area (Å²) in [5.74, 6) is 1.31. The third kappa shape index (κ3) is 11.9. The molecule has 41 heavy (non-hydrogen) atoms. The molecule has 3 rings (SSSR count). The van der Waals surface area contributed by atoms with E-state index in [1.807, 2.05) is 54.6 Å². The molecule has 6 nitrogen and oxygen atoms in total. The molecule has 218 valence electrons. The minimum Gasteiger partial charge on any atom is -0.497 e. The van der Waals surface area contributed by atoms with Crippen LogP contribution in [-0.2, 0) is 11.2 Å². The summed E-state index contributed by atoms with van der Waals surface area (Å²) in [7, 11) is 1.67. The SMILES string of the molecule is COc1ccc(NCCCCCOc2ccccc2/C=C/C(CCCCC(C)=O)Cc2ccc(C(=O)O)cc2)cc1. The number of hydrogen-bond acceptors (Lipinski definition) is 5. The van der Waals surface area contributed by atoms with Crippen molar-refractivity contribution >= 4 is 23.5 Å². The van der Waals surface area contributed by atoms with E-state index in [0.29, 0.717) is 18.6 Å². The van der Waals surface area contributed by atoms with Gasteiger partial charge in [-0.25, -0.2) is 4.79 Å². The first-order valence-corrected chi connectivity index (χ1v) is 14.5. The van der Waals surface area contributed by atoms with Crippen LogP contribution >= 0.6 is 0 Å². The maximum atomic E-state index is 11.4. The number of carbonyl (C=O) groups excluding carboxylic acids is 1. The van der Waals surface area contributed by atoms with Crippen molar-refractivity contribution in [3.05, 3.63) is 95.6 Å². The lowest BCUT2D eigenvalue weighted by atomic mass is 9.92. The Labute approximate surface area is 244 Å². The Morgan fingerprint density at radius 1 is 0.902 bits per heavy atom. The van der Waals surface area contributed by atoms with Gasteiger partial charge in [0.25, 0.3) is 0 Å². The Balaban J connectivity index is 1.50. The second-order valence-electron chi connectivity index (χ2n) is 10.4. The largest absolute Gasteiger partial charge is 0.497 e. The molecular weight excluding hydrogens is 514 g/mol. The van der Waals surface area contributed by atoms with E-state index in [2.05, 4.69) is 23.5 Å². The zero-order valence-corrected chi connectivity index (χ0v) is 24.3. The van der Waals surface area contributed by atoms with Crippen LogP contribution in [-0.4, -0.2) is 37.1 Å². The smallest absolute Gasteiger partial charge is 0.335 e. The lowest BCUT2D eigenvalue weighted by Crippen LogP contribution is -2.04. The molecule has 0 amide bonds. The zero-order valence-electron chi connectivity index (χ0n) is 24.3. The molecule has 0 aromatic heterocycles. The zero-order chi connectivity index (χ0) is 29.3. The number of ether oxygens (including phenoxy) is 2. The summed E-state index contributed by atoms with van der Waals surface area (Å²) in [6.07, 6.45) is 11.7. The van der Waals surface area contributed by atoms with E-state index >= 15 is 0 Å². The number of unbranched alkanes of at least 4 members (excludes halogenated alkanes) is 3. The van der Waals surface area contributed by atoms with E-state index in [0.717, 1.165) is 79.8 Å². The number of benzene rings is 3. The normalized spacial score (nSPS) is 11.8. The highest BCUT2D eigenvalue weighted by atomic mass is 16.5. The first-order valence-electron chi connectivity index (χ1n) is 14.5. The molecule has 3 aromatic rings. The number of carboxylic acids is 1. The van der Waals surface area contributed by atoms with Crippen molar-refractivity contribution in [3.8, 4) is 11.5 Å². The number of carboxylic acid groups (broad SMARTS) is 1. The average molecular weight is 558 g/mol. The first kappa shape index (κ1) is 31.5. The fraction of sp³-hybridized carbons (Fsp3) is 0.371. The molecule has 0 aliphatic rings. The summed E-state index contributed by atoms with van der Waals surface area (Å²) in [4.78, 5) is 22.6. The molecule has 0 aliphatic heterocycles. The Morgan fingerprint density at radius 2 is 1.66 bits per heavy atom. The summed E-state index contributed by atoms with van der Waals surface area (Å²) in [5.41, 5.74) is 3.53. The van der Waals surface area contributed by atoms with E-state index < -0.39 is 5.97 Å². The summed E-state index contributed by atoms with van der Waals surface area (Å²) in [6.45, 7) is 3.22. The van der Waals surface area contributed by atoms with Gasteiger partial charge < -0.3 is 24.7 Å². The number of nitrogens with one attached hydrogen (secondary N) is 1. The van der Waals surface area contributed by atoms with Crippen molar-refractivity contribution in [1.29, 1.82) is 0 Å². The van der Waals surface area contributed by atoms with Crippen molar-refractivity contribution in [2.45, 2.75) is 58.3 Å². The van der Waals surface area contributed by atoms with E-state index in [-0.39, 0.29) is 11.7 Å². The van der Waals surface area contributed by atoms with Gasteiger partial charge in [0.1, 0.15) is 17.3 Å². The fourth-order valence-corrected chi connectivity index (χ4v) is 4.65. The van der Waals surface area contributed by atoms with E-state index in [4.69, 9.17) is 9.47 Å². The number of Topliss-reactive ketones (excluding diaryl/α,β-unsaturated/α-hetero) is 1. The summed E-state index contributed by atoms with van der Waals surface area (Å²) in [5, 5.41) is 12.6. The molecule has 3 aromatic carbocycles. The molecule has 0 saturated heterocycles. The number of anilines is 1. The second kappa shape index (κ2) is 17.6. The molecular formula is C35H43NO5. The van der Waals surface area contributed by atoms with E-state index in [1.54, 1.807) is 26.2 Å². The number of para-hydroxylation sites is 1. The van der Waals surface area contributed by atoms with Gasteiger partial charge in [-0.2, -0.15) is 0 Å². The lowest BCUT2D eigenvalue weighted by molar-refractivity contribution is -0.117. The third-order valence-electron chi connectivity index (χ3n) is 7.02. The number of carbonyl (C=O) groups is 2. The van der Waals surface area contributed by atoms with Crippen LogP contribution in [0.3, 0.4) is 0 Å². The summed E-state index contributed by atoms with van der Waals surface area (Å²) < 4.78 is 11.4. The van der Waals surface area contributed by atoms with Crippen LogP contribution in [0.5, 0.6) is 11.5 Å². The topological polar surface area (TPSA) is 84.9 Å². The van der Waals surface area contributed by atoms with Gasteiger partial charge in [-0.3, -0.25) is 0 Å². The van der Waals surface area contributed by atoms with E-state index in [9.17, 15) is 14.7 Å². The van der Waals surface area contributed by atoms with Gasteiger partial charge >= 0.3 is 5.97 Å². The van der Waals surface area contributed by atoms with Crippen LogP contribution in [0.1, 0.15) is 73.4 Å². The molecule has 0 aliphatic carbocycles. The number of methoxy groups -OCH3 is 1. The summed E-state index contributed by atoms with van der Waals surface area (Å²) >= 11 is 0. The lowest BCUT2D eigenvalue weighted by Gasteiger charge is -2.14. The fourth-order valence-electron chi connectivity index (χ4n) is 4.65. The van der Waals surface area contributed by atoms with Crippen molar-refractivity contribution in [1.82, 2.24) is 0 Å². The van der Waals surface area contributed by atoms with Crippen LogP contribution < -0.4 is 14.8 Å². The highest BCUT2D eigenvalue weighted by Gasteiger charge is 2.10. The highest BCUT2D eigenvalue weighted by molar-refractivity contribution is 5.87. The third-order valence-corrected chi connectivity index (χ3v) is 7.02. The average Bonchev–Trinajstić information content (AvgIpc) is 2.98. The Bertz CT molecular complexity index is 1230. The maximum Gasteiger partial charge on any atom is 0.335 e. The van der Waals surface area contributed by atoms with Gasteiger partial charge in [0.05, 0.1) is 19.3 Å². The number of rotatable bonds is 19. The number of hydrogen-bond donors (Lipinski definition) is 2. The van der Waals surface area contributed by atoms with Crippen LogP contribution in [0.25, 0.3) is 6.08 Å². The maximum absolute atomic E-state index is 11.4. The number of allylic oxidation sites excluding steroid dienone is 1. The van der Waals surface area contributed by atoms with Crippen LogP contribution in [0, 0.1) is 5.92 Å². The Hall–Kier alpha value is -4.06. The van der Waals surface area contributed by atoms with Crippen molar-refractivity contribution < 1.29 is 24.2 Å². The van der Waals surface area contributed by atoms with Gasteiger partial charge in [-0.1, -0.05) is 48.9 Å². The molecule has 0 radical (unpaired) electrons. The molecule has 1 atom stereocenters. The first-order chi connectivity index (χ1) is 19.9. The van der Waals surface area contributed by atoms with Crippen molar-refractivity contribution in [2.24, 2.45) is 5.92 Å². The molecule has 0 bridgehead atoms. The van der Waals surface area contributed by atoms with Gasteiger partial charge in [0.15, 0.2) is 0 Å². The molecule has 0 spiro atoms. The monoisotopic (exact) mass is 557 g/mol. The molecule has 0 fully saturated rings. The standard InChI is InChI=1S/C35H43NO5/c1-27(37)10-4-5-11-28(26-29-15-18-31(19-16-29)35(38)39)14-17-30-12-6-7-13-34(30)41-25-9-3-8-24-36-32-20-22-33(40-2)23-21-32/h6-7,12-23,28,36H,3-5,8-11,24-26H2,1-2H3,(H,38,39)/b17-14+. The molecule has 0 heterocycles. The van der Waals surface area contributed by atoms with Crippen molar-refractivity contribution in [2.75, 3.05) is 25.6 Å². The predicted molar refractivity (Wildman–Crippen MR) is 166 cm³/mol. The van der Waals surface area contributed by atoms with Crippen LogP contribution in [0.4, 0.5) is 5.69 Å². The van der Waals surface area contributed by atoms with E-state index in [1.165, 1.54) is 0 Å². The highest BCUT2D eigenvalue weighted by Crippen LogP contribution is 2.24. The molecule has 1 unspecified atom stereocenters. The van der Waals surface area contributed by atoms with Crippen LogP contribution in [0.15, 0.2) is 78.9 Å². The van der Waals surface area contributed by atoms with Crippen LogP contribution in [0.2, 0.25) is 0 Å². The minimum atomic E-state index is -0.918. The molecule has 6 heteroatoms. The van der Waals surface area contributed by atoms with Gasteiger partial charge in [-0.15, -0.1) is 0 Å². The summed E-state index contributed by atoms with van der Waals surface area (Å²) in [6, 6.07) is 23.2. The van der Waals surface area contributed by atoms with Crippen molar-refractivity contribution in [3.63, 3.8) is 0 Å². The predicted octanol–water partition coefficient (Wildman–Crippen LogP) is 8.08. The van der Waals surface area contributed by atoms with Gasteiger partial charge in [0, 0.05) is 24.2 Å². The second-order valence-corrected chi connectivity index (χ2v) is 10.4.